The van der Waals surface area contributed by atoms with Crippen molar-refractivity contribution in [2.75, 3.05) is 17.6 Å². The first-order valence-electron chi connectivity index (χ1n) is 9.47. The number of rotatable bonds is 7. The molecule has 3 aromatic rings. The highest BCUT2D eigenvalue weighted by Crippen LogP contribution is 2.34. The lowest BCUT2D eigenvalue weighted by atomic mass is 10.1. The highest BCUT2D eigenvalue weighted by molar-refractivity contribution is 7.92. The van der Waals surface area contributed by atoms with Gasteiger partial charge in [0.15, 0.2) is 0 Å². The Bertz CT molecular complexity index is 1170. The average molecular weight is 477 g/mol. The van der Waals surface area contributed by atoms with E-state index >= 15 is 0 Å². The van der Waals surface area contributed by atoms with Crippen LogP contribution in [0.1, 0.15) is 21.5 Å². The van der Waals surface area contributed by atoms with Crippen LogP contribution in [0, 0.1) is 0 Å². The largest absolute Gasteiger partial charge is 0.337 e. The molecule has 0 radical (unpaired) electrons. The number of halogens is 2. The molecule has 8 heteroatoms. The Balaban J connectivity index is 1.78. The summed E-state index contributed by atoms with van der Waals surface area (Å²) in [5, 5.41) is 0.444. The van der Waals surface area contributed by atoms with E-state index in [-0.39, 0.29) is 22.5 Å². The summed E-state index contributed by atoms with van der Waals surface area (Å²) in [6.07, 6.45) is 1.11. The average Bonchev–Trinajstić information content (AvgIpc) is 2.74. The molecule has 5 nitrogen and oxygen atoms in total. The van der Waals surface area contributed by atoms with Gasteiger partial charge in [-0.15, -0.1) is 0 Å². The maximum atomic E-state index is 12.7. The lowest BCUT2D eigenvalue weighted by Crippen LogP contribution is -2.29. The van der Waals surface area contributed by atoms with E-state index in [1.165, 1.54) is 4.31 Å². The van der Waals surface area contributed by atoms with E-state index in [1.54, 1.807) is 54.4 Å². The number of nitrogens with zero attached hydrogens (tertiary/aromatic N) is 2. The molecule has 0 aliphatic heterocycles. The SMILES string of the molecule is CN(Cc1ccccc1)C(=O)c1ccc(CN(c2cccc(Cl)c2Cl)S(C)(=O)=O)cc1. The molecular weight excluding hydrogens is 455 g/mol. The quantitative estimate of drug-likeness (QED) is 0.468. The van der Waals surface area contributed by atoms with Crippen molar-refractivity contribution >= 4 is 44.8 Å². The van der Waals surface area contributed by atoms with Crippen LogP contribution >= 0.6 is 23.2 Å². The molecule has 0 aromatic heterocycles. The molecule has 0 N–H and O–H groups in total. The second-order valence-electron chi connectivity index (χ2n) is 7.19. The molecule has 0 bridgehead atoms. The number of hydrogen-bond donors (Lipinski definition) is 0. The van der Waals surface area contributed by atoms with Crippen LogP contribution in [0.2, 0.25) is 10.0 Å². The summed E-state index contributed by atoms with van der Waals surface area (Å²) in [6, 6.07) is 21.4. The fourth-order valence-corrected chi connectivity index (χ4v) is 4.47. The topological polar surface area (TPSA) is 57.7 Å². The van der Waals surface area contributed by atoms with Crippen LogP contribution in [0.25, 0.3) is 0 Å². The molecule has 162 valence electrons. The molecule has 31 heavy (non-hydrogen) atoms. The summed E-state index contributed by atoms with van der Waals surface area (Å²) >= 11 is 12.3. The van der Waals surface area contributed by atoms with Gasteiger partial charge in [-0.05, 0) is 35.4 Å². The van der Waals surface area contributed by atoms with Crippen LogP contribution in [0.4, 0.5) is 5.69 Å². The summed E-state index contributed by atoms with van der Waals surface area (Å²) in [7, 11) is -1.87. The summed E-state index contributed by atoms with van der Waals surface area (Å²) in [4.78, 5) is 14.4. The zero-order chi connectivity index (χ0) is 22.6. The molecule has 3 aromatic carbocycles. The number of anilines is 1. The van der Waals surface area contributed by atoms with Gasteiger partial charge >= 0.3 is 0 Å². The maximum Gasteiger partial charge on any atom is 0.253 e. The fourth-order valence-electron chi connectivity index (χ4n) is 3.13. The van der Waals surface area contributed by atoms with Gasteiger partial charge in [-0.3, -0.25) is 9.10 Å². The molecule has 0 fully saturated rings. The normalized spacial score (nSPS) is 11.2. The van der Waals surface area contributed by atoms with Crippen LogP contribution in [-0.4, -0.2) is 32.5 Å². The lowest BCUT2D eigenvalue weighted by Gasteiger charge is -2.24. The standard InChI is InChI=1S/C23H22Cl2N2O3S/c1-26(15-17-7-4-3-5-8-17)23(28)19-13-11-18(12-14-19)16-27(31(2,29)30)21-10-6-9-20(24)22(21)25/h3-14H,15-16H2,1-2H3. The third-order valence-electron chi connectivity index (χ3n) is 4.74. The number of carbonyl (C=O) groups excluding carboxylic acids is 1. The van der Waals surface area contributed by atoms with Gasteiger partial charge in [0, 0.05) is 19.2 Å². The summed E-state index contributed by atoms with van der Waals surface area (Å²) in [5.41, 5.74) is 2.58. The minimum absolute atomic E-state index is 0.0627. The van der Waals surface area contributed by atoms with Gasteiger partial charge < -0.3 is 4.90 Å². The monoisotopic (exact) mass is 476 g/mol. The van der Waals surface area contributed by atoms with E-state index in [9.17, 15) is 13.2 Å². The summed E-state index contributed by atoms with van der Waals surface area (Å²) in [5.74, 6) is -0.117. The van der Waals surface area contributed by atoms with Crippen molar-refractivity contribution in [3.05, 3.63) is 99.5 Å². The molecule has 0 saturated carbocycles. The van der Waals surface area contributed by atoms with E-state index in [1.807, 2.05) is 30.3 Å². The van der Waals surface area contributed by atoms with Crippen LogP contribution in [0.3, 0.4) is 0 Å². The van der Waals surface area contributed by atoms with Crippen molar-refractivity contribution in [2.45, 2.75) is 13.1 Å². The molecule has 0 aliphatic rings. The van der Waals surface area contributed by atoms with Gasteiger partial charge in [0.05, 0.1) is 28.5 Å². The maximum absolute atomic E-state index is 12.7. The molecule has 0 atom stereocenters. The van der Waals surface area contributed by atoms with Crippen molar-refractivity contribution in [1.29, 1.82) is 0 Å². The Morgan fingerprint density at radius 1 is 0.839 bits per heavy atom. The first-order valence-corrected chi connectivity index (χ1v) is 12.1. The Hall–Kier alpha value is -2.54. The number of carbonyl (C=O) groups is 1. The third kappa shape index (κ3) is 5.79. The van der Waals surface area contributed by atoms with E-state index in [0.29, 0.717) is 23.4 Å². The smallest absolute Gasteiger partial charge is 0.253 e. The Labute approximate surface area is 192 Å². The van der Waals surface area contributed by atoms with Crippen LogP contribution < -0.4 is 4.31 Å². The minimum atomic E-state index is -3.61. The van der Waals surface area contributed by atoms with E-state index in [4.69, 9.17) is 23.2 Å². The van der Waals surface area contributed by atoms with E-state index in [0.717, 1.165) is 11.8 Å². The Kier molecular flexibility index (Phi) is 7.26. The van der Waals surface area contributed by atoms with Crippen molar-refractivity contribution in [3.8, 4) is 0 Å². The number of hydrogen-bond acceptors (Lipinski definition) is 3. The van der Waals surface area contributed by atoms with Crippen LogP contribution in [0.5, 0.6) is 0 Å². The van der Waals surface area contributed by atoms with Gasteiger partial charge in [-0.2, -0.15) is 0 Å². The van der Waals surface area contributed by atoms with Crippen molar-refractivity contribution in [3.63, 3.8) is 0 Å². The molecule has 0 aliphatic carbocycles. The number of sulfonamides is 1. The van der Waals surface area contributed by atoms with Gasteiger partial charge in [0.1, 0.15) is 0 Å². The highest BCUT2D eigenvalue weighted by atomic mass is 35.5. The molecule has 0 saturated heterocycles. The Morgan fingerprint density at radius 3 is 2.06 bits per heavy atom. The van der Waals surface area contributed by atoms with E-state index in [2.05, 4.69) is 0 Å². The summed E-state index contributed by atoms with van der Waals surface area (Å²) in [6.45, 7) is 0.559. The second kappa shape index (κ2) is 9.73. The predicted molar refractivity (Wildman–Crippen MR) is 126 cm³/mol. The molecule has 1 amide bonds. The highest BCUT2D eigenvalue weighted by Gasteiger charge is 2.22. The fraction of sp³-hybridized carbons (Fsp3) is 0.174. The molecule has 3 rings (SSSR count). The van der Waals surface area contributed by atoms with Gasteiger partial charge in [0.25, 0.3) is 5.91 Å². The summed E-state index contributed by atoms with van der Waals surface area (Å²) < 4.78 is 26.0. The zero-order valence-electron chi connectivity index (χ0n) is 17.1. The van der Waals surface area contributed by atoms with Gasteiger partial charge in [-0.25, -0.2) is 8.42 Å². The van der Waals surface area contributed by atoms with Crippen LogP contribution in [0.15, 0.2) is 72.8 Å². The predicted octanol–water partition coefficient (Wildman–Crippen LogP) is 5.23. The van der Waals surface area contributed by atoms with Crippen molar-refractivity contribution < 1.29 is 13.2 Å². The minimum Gasteiger partial charge on any atom is -0.337 e. The van der Waals surface area contributed by atoms with Crippen molar-refractivity contribution in [1.82, 2.24) is 4.90 Å². The molecule has 0 spiro atoms. The lowest BCUT2D eigenvalue weighted by molar-refractivity contribution is 0.0785. The zero-order valence-corrected chi connectivity index (χ0v) is 19.5. The first-order chi connectivity index (χ1) is 14.7. The number of amides is 1. The molecule has 0 unspecified atom stereocenters. The third-order valence-corrected chi connectivity index (χ3v) is 6.67. The van der Waals surface area contributed by atoms with Gasteiger partial charge in [-0.1, -0.05) is 71.7 Å². The molecular formula is C23H22Cl2N2O3S. The second-order valence-corrected chi connectivity index (χ2v) is 9.88. The van der Waals surface area contributed by atoms with Crippen molar-refractivity contribution in [2.24, 2.45) is 0 Å². The number of benzene rings is 3. The van der Waals surface area contributed by atoms with E-state index < -0.39 is 10.0 Å². The Morgan fingerprint density at radius 2 is 1.45 bits per heavy atom. The van der Waals surface area contributed by atoms with Gasteiger partial charge in [0.2, 0.25) is 10.0 Å². The molecule has 0 heterocycles. The first kappa shape index (κ1) is 23.1. The van der Waals surface area contributed by atoms with Crippen LogP contribution in [-0.2, 0) is 23.1 Å².